The zero-order chi connectivity index (χ0) is 23.4. The molecule has 2 aliphatic heterocycles. The highest BCUT2D eigenvalue weighted by molar-refractivity contribution is 5.96. The molecule has 0 spiro atoms. The number of urea groups is 1. The molecular formula is C20H21F4N7O2. The number of guanidine groups is 1. The average molecular weight is 467 g/mol. The highest BCUT2D eigenvalue weighted by atomic mass is 19.4. The van der Waals surface area contributed by atoms with Crippen LogP contribution in [0.5, 0.6) is 11.5 Å². The third-order valence-corrected chi connectivity index (χ3v) is 4.94. The first-order chi connectivity index (χ1) is 15.8. The van der Waals surface area contributed by atoms with Gasteiger partial charge in [-0.25, -0.2) is 14.7 Å². The molecule has 13 heteroatoms. The molecule has 4 N–H and O–H groups in total. The molecule has 2 aromatic rings. The van der Waals surface area contributed by atoms with Crippen molar-refractivity contribution in [3.63, 3.8) is 0 Å². The van der Waals surface area contributed by atoms with Crippen molar-refractivity contribution < 1.29 is 27.1 Å². The smallest absolute Gasteiger partial charge is 0.419 e. The van der Waals surface area contributed by atoms with Gasteiger partial charge in [0.25, 0.3) is 0 Å². The number of hydrogen-bond donors (Lipinski definition) is 4. The van der Waals surface area contributed by atoms with Gasteiger partial charge in [-0.15, -0.1) is 10.6 Å². The molecule has 2 aliphatic rings. The Balaban J connectivity index is 1.41. The number of amides is 2. The molecule has 0 unspecified atom stereocenters. The number of carbonyl (C=O) groups is 1. The first kappa shape index (κ1) is 22.6. The summed E-state index contributed by atoms with van der Waals surface area (Å²) in [6.45, 7) is 2.84. The molecule has 2 amide bonds. The van der Waals surface area contributed by atoms with Crippen LogP contribution in [0.1, 0.15) is 11.1 Å². The van der Waals surface area contributed by atoms with Gasteiger partial charge in [-0.3, -0.25) is 10.3 Å². The van der Waals surface area contributed by atoms with E-state index in [1.165, 1.54) is 0 Å². The molecule has 2 heterocycles. The molecular weight excluding hydrogens is 446 g/mol. The van der Waals surface area contributed by atoms with E-state index < -0.39 is 17.6 Å². The second-order valence-electron chi connectivity index (χ2n) is 7.30. The highest BCUT2D eigenvalue weighted by Gasteiger charge is 2.34. The van der Waals surface area contributed by atoms with Crippen molar-refractivity contribution in [2.75, 3.05) is 26.2 Å². The van der Waals surface area contributed by atoms with E-state index in [9.17, 15) is 22.4 Å². The molecule has 9 nitrogen and oxygen atoms in total. The summed E-state index contributed by atoms with van der Waals surface area (Å²) in [5.74, 6) is -0.987. The molecule has 33 heavy (non-hydrogen) atoms. The zero-order valence-electron chi connectivity index (χ0n) is 17.2. The highest BCUT2D eigenvalue weighted by Crippen LogP contribution is 2.34. The van der Waals surface area contributed by atoms with Crippen molar-refractivity contribution in [3.05, 3.63) is 59.4 Å². The van der Waals surface area contributed by atoms with E-state index in [-0.39, 0.29) is 30.0 Å². The van der Waals surface area contributed by atoms with E-state index in [4.69, 9.17) is 4.74 Å². The number of rotatable bonds is 4. The summed E-state index contributed by atoms with van der Waals surface area (Å²) in [6, 6.07) is 8.80. The fourth-order valence-electron chi connectivity index (χ4n) is 3.32. The third-order valence-electron chi connectivity index (χ3n) is 4.94. The number of nitrogens with one attached hydrogen (secondary N) is 4. The van der Waals surface area contributed by atoms with Crippen LogP contribution in [0, 0.1) is 5.82 Å². The molecule has 0 atom stereocenters. The number of hydrogen-bond acceptors (Lipinski definition) is 7. The Bertz CT molecular complexity index is 1040. The van der Waals surface area contributed by atoms with Crippen molar-refractivity contribution in [1.82, 2.24) is 31.6 Å². The molecule has 176 valence electrons. The van der Waals surface area contributed by atoms with Gasteiger partial charge >= 0.3 is 12.2 Å². The SMILES string of the molecule is O=C(NC1=NNNN1Cc1cccc(Oc2ccc(F)c(C(F)(F)F)c2)c1)N1CCNCC1. The molecule has 2 aromatic carbocycles. The summed E-state index contributed by atoms with van der Waals surface area (Å²) in [7, 11) is 0. The van der Waals surface area contributed by atoms with Crippen LogP contribution in [0.3, 0.4) is 0 Å². The molecule has 0 radical (unpaired) electrons. The maximum atomic E-state index is 13.5. The van der Waals surface area contributed by atoms with E-state index in [2.05, 4.69) is 26.8 Å². The Morgan fingerprint density at radius 1 is 1.12 bits per heavy atom. The minimum absolute atomic E-state index is 0.146. The summed E-state index contributed by atoms with van der Waals surface area (Å²) in [6.07, 6.45) is -4.83. The number of piperazine rings is 1. The summed E-state index contributed by atoms with van der Waals surface area (Å²) in [4.78, 5) is 14.1. The number of nitrogens with zero attached hydrogens (tertiary/aromatic N) is 3. The number of hydrazine groups is 2. The van der Waals surface area contributed by atoms with E-state index in [1.54, 1.807) is 34.2 Å². The van der Waals surface area contributed by atoms with Gasteiger partial charge in [0.1, 0.15) is 17.3 Å². The molecule has 4 rings (SSSR count). The molecule has 1 fully saturated rings. The summed E-state index contributed by atoms with van der Waals surface area (Å²) in [5.41, 5.74) is 4.68. The van der Waals surface area contributed by atoms with Crippen LogP contribution in [-0.4, -0.2) is 48.1 Å². The van der Waals surface area contributed by atoms with Crippen LogP contribution < -0.4 is 26.4 Å². The summed E-state index contributed by atoms with van der Waals surface area (Å²) < 4.78 is 57.8. The fraction of sp³-hybridized carbons (Fsp3) is 0.300. The normalized spacial score (nSPS) is 16.3. The lowest BCUT2D eigenvalue weighted by Crippen LogP contribution is -2.54. The average Bonchev–Trinajstić information content (AvgIpc) is 3.21. The van der Waals surface area contributed by atoms with Crippen molar-refractivity contribution in [1.29, 1.82) is 0 Å². The van der Waals surface area contributed by atoms with Gasteiger partial charge in [0, 0.05) is 26.2 Å². The second-order valence-corrected chi connectivity index (χ2v) is 7.30. The fourth-order valence-corrected chi connectivity index (χ4v) is 3.32. The van der Waals surface area contributed by atoms with Crippen molar-refractivity contribution in [3.8, 4) is 11.5 Å². The first-order valence-corrected chi connectivity index (χ1v) is 10.1. The Morgan fingerprint density at radius 3 is 2.64 bits per heavy atom. The maximum absolute atomic E-state index is 13.5. The van der Waals surface area contributed by atoms with Gasteiger partial charge in [-0.05, 0) is 35.9 Å². The molecule has 0 saturated carbocycles. The first-order valence-electron chi connectivity index (χ1n) is 10.1. The van der Waals surface area contributed by atoms with E-state index in [0.29, 0.717) is 43.9 Å². The lowest BCUT2D eigenvalue weighted by Gasteiger charge is -2.28. The van der Waals surface area contributed by atoms with Gasteiger partial charge < -0.3 is 15.0 Å². The summed E-state index contributed by atoms with van der Waals surface area (Å²) >= 11 is 0. The van der Waals surface area contributed by atoms with E-state index in [0.717, 1.165) is 6.07 Å². The minimum Gasteiger partial charge on any atom is -0.457 e. The van der Waals surface area contributed by atoms with Crippen LogP contribution in [-0.2, 0) is 12.7 Å². The summed E-state index contributed by atoms with van der Waals surface area (Å²) in [5, 5.41) is 11.5. The van der Waals surface area contributed by atoms with Gasteiger partial charge in [0.05, 0.1) is 12.1 Å². The van der Waals surface area contributed by atoms with E-state index >= 15 is 0 Å². The van der Waals surface area contributed by atoms with Crippen LogP contribution in [0.15, 0.2) is 47.6 Å². The molecule has 1 saturated heterocycles. The van der Waals surface area contributed by atoms with Gasteiger partial charge in [0.15, 0.2) is 0 Å². The quantitative estimate of drug-likeness (QED) is 0.516. The minimum atomic E-state index is -4.83. The van der Waals surface area contributed by atoms with Crippen LogP contribution in [0.2, 0.25) is 0 Å². The molecule has 0 bridgehead atoms. The van der Waals surface area contributed by atoms with Crippen LogP contribution in [0.25, 0.3) is 0 Å². The van der Waals surface area contributed by atoms with Crippen molar-refractivity contribution in [2.24, 2.45) is 5.10 Å². The predicted octanol–water partition coefficient (Wildman–Crippen LogP) is 2.35. The predicted molar refractivity (Wildman–Crippen MR) is 110 cm³/mol. The Labute approximate surface area is 186 Å². The van der Waals surface area contributed by atoms with Crippen LogP contribution >= 0.6 is 0 Å². The number of hydrazone groups is 1. The Morgan fingerprint density at radius 2 is 1.88 bits per heavy atom. The maximum Gasteiger partial charge on any atom is 0.419 e. The zero-order valence-corrected chi connectivity index (χ0v) is 17.2. The van der Waals surface area contributed by atoms with Gasteiger partial charge in [0.2, 0.25) is 5.96 Å². The molecule has 0 aliphatic carbocycles. The largest absolute Gasteiger partial charge is 0.457 e. The molecule has 0 aromatic heterocycles. The number of halogens is 4. The number of benzene rings is 2. The second kappa shape index (κ2) is 9.50. The van der Waals surface area contributed by atoms with E-state index in [1.807, 2.05) is 0 Å². The monoisotopic (exact) mass is 467 g/mol. The van der Waals surface area contributed by atoms with Crippen molar-refractivity contribution >= 4 is 12.0 Å². The standard InChI is InChI=1S/C20H21F4N7O2/c21-17-5-4-15(11-16(17)20(22,23)24)33-14-3-1-2-13(10-14)12-31-18(27-28-29-31)26-19(32)30-8-6-25-7-9-30/h1-5,10-11,25,28-29H,6-9,12H2,(H,26,27,32). The lowest BCUT2D eigenvalue weighted by molar-refractivity contribution is -0.140. The van der Waals surface area contributed by atoms with Gasteiger partial charge in [-0.2, -0.15) is 13.2 Å². The number of alkyl halides is 3. The third kappa shape index (κ3) is 5.62. The lowest BCUT2D eigenvalue weighted by atomic mass is 10.2. The topological polar surface area (TPSA) is 93.3 Å². The van der Waals surface area contributed by atoms with Crippen molar-refractivity contribution in [2.45, 2.75) is 12.7 Å². The Hall–Kier alpha value is -3.58. The number of ether oxygens (including phenoxy) is 1. The van der Waals surface area contributed by atoms with Gasteiger partial charge in [-0.1, -0.05) is 12.1 Å². The Kier molecular flexibility index (Phi) is 6.51. The number of carbonyl (C=O) groups excluding carboxylic acids is 1. The van der Waals surface area contributed by atoms with Crippen LogP contribution in [0.4, 0.5) is 22.4 Å².